The number of pyridine rings is 2. The average Bonchev–Trinajstić information content (AvgIpc) is 3.58. The Morgan fingerprint density at radius 2 is 1.82 bits per heavy atom. The number of aryl methyl sites for hydroxylation is 1. The third-order valence-corrected chi connectivity index (χ3v) is 7.20. The van der Waals surface area contributed by atoms with Gasteiger partial charge < -0.3 is 20.6 Å². The molecule has 3 N–H and O–H groups in total. The van der Waals surface area contributed by atoms with Crippen LogP contribution in [-0.2, 0) is 11.8 Å². The molecule has 1 aliphatic heterocycles. The van der Waals surface area contributed by atoms with E-state index >= 15 is 0 Å². The minimum Gasteiger partial charge on any atom is -0.381 e. The van der Waals surface area contributed by atoms with E-state index in [-0.39, 0.29) is 11.7 Å². The molecule has 0 spiro atoms. The van der Waals surface area contributed by atoms with Gasteiger partial charge in [0.2, 0.25) is 0 Å². The number of nitriles is 1. The monoisotopic (exact) mass is 533 g/mol. The van der Waals surface area contributed by atoms with Gasteiger partial charge in [0.15, 0.2) is 11.9 Å². The van der Waals surface area contributed by atoms with E-state index in [9.17, 15) is 15.2 Å². The standard InChI is InChI=1S/C29H27N9O2/c1-35-10-9-24(33-35)21-15-22(26-23(16-30)28(31)34-38(26)18-21)20-7-8-25(32-17-20)36-11-13-37(14-12-36)29(40)27(39)19-5-3-2-4-6-19/h2-10,15,17-18,27,39H,11-14H2,1H3,(H2,31,34)/t27-/m1/s1. The predicted octanol–water partition coefficient (Wildman–Crippen LogP) is 2.63. The molecule has 200 valence electrons. The first-order valence-corrected chi connectivity index (χ1v) is 12.9. The molecular formula is C29H27N9O2. The molecule has 1 amide bonds. The largest absolute Gasteiger partial charge is 0.381 e. The van der Waals surface area contributed by atoms with Gasteiger partial charge in [-0.25, -0.2) is 9.50 Å². The average molecular weight is 534 g/mol. The molecule has 5 heterocycles. The van der Waals surface area contributed by atoms with E-state index in [0.717, 1.165) is 28.2 Å². The second-order valence-corrected chi connectivity index (χ2v) is 9.71. The minimum atomic E-state index is -1.17. The lowest BCUT2D eigenvalue weighted by Gasteiger charge is -2.36. The summed E-state index contributed by atoms with van der Waals surface area (Å²) in [7, 11) is 1.85. The van der Waals surface area contributed by atoms with Crippen LogP contribution in [-0.4, -0.2) is 66.5 Å². The van der Waals surface area contributed by atoms with Crippen LogP contribution in [0.3, 0.4) is 0 Å². The molecule has 0 unspecified atom stereocenters. The molecule has 11 nitrogen and oxygen atoms in total. The van der Waals surface area contributed by atoms with Crippen molar-refractivity contribution in [2.75, 3.05) is 36.8 Å². The lowest BCUT2D eigenvalue weighted by Crippen LogP contribution is -2.50. The summed E-state index contributed by atoms with van der Waals surface area (Å²) < 4.78 is 3.35. The van der Waals surface area contributed by atoms with Gasteiger partial charge in [-0.3, -0.25) is 9.48 Å². The maximum absolute atomic E-state index is 12.8. The van der Waals surface area contributed by atoms with Crippen LogP contribution in [0.1, 0.15) is 17.2 Å². The van der Waals surface area contributed by atoms with Crippen molar-refractivity contribution < 1.29 is 9.90 Å². The number of rotatable bonds is 5. The number of aliphatic hydroxyl groups excluding tert-OH is 1. The number of nitrogen functional groups attached to an aromatic ring is 1. The van der Waals surface area contributed by atoms with Crippen LogP contribution in [0.5, 0.6) is 0 Å². The van der Waals surface area contributed by atoms with Gasteiger partial charge in [0.1, 0.15) is 17.5 Å². The molecule has 6 rings (SSSR count). The number of carbonyl (C=O) groups excluding carboxylic acids is 1. The van der Waals surface area contributed by atoms with Crippen molar-refractivity contribution in [1.29, 1.82) is 5.26 Å². The van der Waals surface area contributed by atoms with Crippen LogP contribution in [0.25, 0.3) is 27.9 Å². The molecule has 0 bridgehead atoms. The van der Waals surface area contributed by atoms with Crippen molar-refractivity contribution in [2.45, 2.75) is 6.10 Å². The number of aromatic nitrogens is 5. The van der Waals surface area contributed by atoms with Crippen molar-refractivity contribution >= 4 is 23.1 Å². The molecule has 1 aliphatic rings. The third-order valence-electron chi connectivity index (χ3n) is 7.20. The lowest BCUT2D eigenvalue weighted by molar-refractivity contribution is -0.140. The van der Waals surface area contributed by atoms with Crippen LogP contribution in [0.4, 0.5) is 11.6 Å². The van der Waals surface area contributed by atoms with Crippen molar-refractivity contribution in [3.63, 3.8) is 0 Å². The molecule has 1 atom stereocenters. The predicted molar refractivity (Wildman–Crippen MR) is 150 cm³/mol. The Labute approximate surface area is 230 Å². The number of anilines is 2. The number of hydrogen-bond donors (Lipinski definition) is 2. The van der Waals surface area contributed by atoms with E-state index in [0.29, 0.717) is 42.8 Å². The summed E-state index contributed by atoms with van der Waals surface area (Å²) in [5, 5.41) is 29.2. The Bertz CT molecular complexity index is 1730. The molecular weight excluding hydrogens is 506 g/mol. The van der Waals surface area contributed by atoms with Gasteiger partial charge in [-0.1, -0.05) is 30.3 Å². The summed E-state index contributed by atoms with van der Waals surface area (Å²) in [5.41, 5.74) is 10.8. The molecule has 0 radical (unpaired) electrons. The second-order valence-electron chi connectivity index (χ2n) is 9.71. The number of benzene rings is 1. The Morgan fingerprint density at radius 1 is 1.05 bits per heavy atom. The fourth-order valence-electron chi connectivity index (χ4n) is 5.07. The Morgan fingerprint density at radius 3 is 2.48 bits per heavy atom. The minimum absolute atomic E-state index is 0.163. The number of nitrogens with two attached hydrogens (primary N) is 1. The highest BCUT2D eigenvalue weighted by Gasteiger charge is 2.27. The SMILES string of the molecule is Cn1ccc(-c2cc(-c3ccc(N4CCN(C(=O)[C@H](O)c5ccccc5)CC4)nc3)c3c(C#N)c(N)nn3c2)n1. The van der Waals surface area contributed by atoms with E-state index in [1.54, 1.807) is 32.4 Å². The number of fused-ring (bicyclic) bond motifs is 1. The van der Waals surface area contributed by atoms with Crippen molar-refractivity contribution in [3.05, 3.63) is 84.3 Å². The molecule has 5 aromatic rings. The molecule has 1 aromatic carbocycles. The Balaban J connectivity index is 1.24. The fourth-order valence-corrected chi connectivity index (χ4v) is 5.07. The summed E-state index contributed by atoms with van der Waals surface area (Å²) in [4.78, 5) is 21.4. The van der Waals surface area contributed by atoms with Crippen LogP contribution < -0.4 is 10.6 Å². The van der Waals surface area contributed by atoms with Gasteiger partial charge >= 0.3 is 0 Å². The van der Waals surface area contributed by atoms with Crippen molar-refractivity contribution in [1.82, 2.24) is 29.3 Å². The first-order valence-electron chi connectivity index (χ1n) is 12.9. The van der Waals surface area contributed by atoms with E-state index in [1.807, 2.05) is 61.9 Å². The van der Waals surface area contributed by atoms with Gasteiger partial charge in [0.25, 0.3) is 5.91 Å². The van der Waals surface area contributed by atoms with E-state index in [4.69, 9.17) is 10.7 Å². The second kappa shape index (κ2) is 10.2. The maximum atomic E-state index is 12.8. The number of amides is 1. The van der Waals surface area contributed by atoms with Gasteiger partial charge in [-0.15, -0.1) is 5.10 Å². The normalized spacial score (nSPS) is 14.3. The molecule has 1 fully saturated rings. The van der Waals surface area contributed by atoms with E-state index < -0.39 is 6.10 Å². The molecule has 11 heteroatoms. The molecule has 0 aliphatic carbocycles. The first kappa shape index (κ1) is 25.1. The highest BCUT2D eigenvalue weighted by molar-refractivity contribution is 5.90. The first-order chi connectivity index (χ1) is 19.4. The quantitative estimate of drug-likeness (QED) is 0.351. The fraction of sp³-hybridized carbons (Fsp3) is 0.207. The number of carbonyl (C=O) groups is 1. The Kier molecular flexibility index (Phi) is 6.37. The van der Waals surface area contributed by atoms with Crippen LogP contribution in [0, 0.1) is 11.3 Å². The summed E-state index contributed by atoms with van der Waals surface area (Å²) in [5.74, 6) is 0.653. The zero-order valence-corrected chi connectivity index (χ0v) is 21.8. The number of hydrogen-bond acceptors (Lipinski definition) is 8. The zero-order valence-electron chi connectivity index (χ0n) is 21.8. The highest BCUT2D eigenvalue weighted by atomic mass is 16.3. The smallest absolute Gasteiger partial charge is 0.256 e. The molecule has 4 aromatic heterocycles. The summed E-state index contributed by atoms with van der Waals surface area (Å²) >= 11 is 0. The summed E-state index contributed by atoms with van der Waals surface area (Å²) in [6.07, 6.45) is 4.28. The molecule has 0 saturated carbocycles. The van der Waals surface area contributed by atoms with Crippen molar-refractivity contribution in [2.24, 2.45) is 7.05 Å². The molecule has 40 heavy (non-hydrogen) atoms. The number of piperazine rings is 1. The Hall–Kier alpha value is -5.21. The van der Waals surface area contributed by atoms with Gasteiger partial charge in [0, 0.05) is 68.5 Å². The van der Waals surface area contributed by atoms with Gasteiger partial charge in [-0.2, -0.15) is 10.4 Å². The van der Waals surface area contributed by atoms with Crippen LogP contribution >= 0.6 is 0 Å². The van der Waals surface area contributed by atoms with Crippen LogP contribution in [0.15, 0.2) is 73.2 Å². The van der Waals surface area contributed by atoms with Crippen LogP contribution in [0.2, 0.25) is 0 Å². The number of nitrogens with zero attached hydrogens (tertiary/aromatic N) is 8. The number of aliphatic hydroxyl groups is 1. The van der Waals surface area contributed by atoms with Gasteiger partial charge in [-0.05, 0) is 29.8 Å². The maximum Gasteiger partial charge on any atom is 0.256 e. The molecule has 1 saturated heterocycles. The lowest BCUT2D eigenvalue weighted by atomic mass is 10.0. The van der Waals surface area contributed by atoms with Crippen molar-refractivity contribution in [3.8, 4) is 28.5 Å². The van der Waals surface area contributed by atoms with Gasteiger partial charge in [0.05, 0.1) is 11.2 Å². The summed E-state index contributed by atoms with van der Waals surface area (Å²) in [6, 6.07) is 18.9. The topological polar surface area (TPSA) is 142 Å². The zero-order chi connectivity index (χ0) is 27.8. The highest BCUT2D eigenvalue weighted by Crippen LogP contribution is 2.33. The summed E-state index contributed by atoms with van der Waals surface area (Å²) in [6.45, 7) is 2.16. The van der Waals surface area contributed by atoms with E-state index in [1.165, 1.54) is 0 Å². The third kappa shape index (κ3) is 4.50. The van der Waals surface area contributed by atoms with E-state index in [2.05, 4.69) is 21.2 Å².